The normalized spacial score (nSPS) is 22.4. The van der Waals surface area contributed by atoms with Crippen molar-refractivity contribution in [1.82, 2.24) is 0 Å². The van der Waals surface area contributed by atoms with E-state index in [9.17, 15) is 4.39 Å². The predicted octanol–water partition coefficient (Wildman–Crippen LogP) is 3.05. The lowest BCUT2D eigenvalue weighted by molar-refractivity contribution is 0.399. The van der Waals surface area contributed by atoms with E-state index in [2.05, 4.69) is 9.89 Å². The highest BCUT2D eigenvalue weighted by Crippen LogP contribution is 2.39. The summed E-state index contributed by atoms with van der Waals surface area (Å²) < 4.78 is 13.5. The van der Waals surface area contributed by atoms with Gasteiger partial charge in [0.2, 0.25) is 0 Å². The third kappa shape index (κ3) is 2.20. The molecule has 4 heteroatoms. The molecule has 2 N–H and O–H groups in total. The van der Waals surface area contributed by atoms with Gasteiger partial charge in [0.1, 0.15) is 5.82 Å². The Morgan fingerprint density at radius 2 is 1.89 bits per heavy atom. The Hall–Kier alpha value is -1.58. The first kappa shape index (κ1) is 12.5. The smallest absolute Gasteiger partial charge is 0.196 e. The van der Waals surface area contributed by atoms with E-state index in [1.807, 2.05) is 6.07 Å². The van der Waals surface area contributed by atoms with Gasteiger partial charge < -0.3 is 10.6 Å². The van der Waals surface area contributed by atoms with Crippen LogP contribution in [0.15, 0.2) is 29.3 Å². The molecule has 1 aliphatic heterocycles. The molecule has 0 amide bonds. The maximum absolute atomic E-state index is 13.5. The van der Waals surface area contributed by atoms with E-state index in [-0.39, 0.29) is 11.4 Å². The number of benzene rings is 1. The molecule has 1 aromatic rings. The number of aliphatic imine (C=N–C) groups is 1. The third-order valence-electron chi connectivity index (χ3n) is 4.34. The fourth-order valence-electron chi connectivity index (χ4n) is 3.40. The minimum atomic E-state index is -0.221. The van der Waals surface area contributed by atoms with E-state index >= 15 is 0 Å². The molecule has 1 saturated carbocycles. The fourth-order valence-corrected chi connectivity index (χ4v) is 3.40. The third-order valence-corrected chi connectivity index (χ3v) is 4.34. The molecule has 1 fully saturated rings. The molecule has 102 valence electrons. The number of hydrogen-bond acceptors (Lipinski definition) is 3. The first-order valence-corrected chi connectivity index (χ1v) is 7.07. The van der Waals surface area contributed by atoms with E-state index in [1.165, 1.54) is 31.7 Å². The van der Waals surface area contributed by atoms with Crippen LogP contribution in [0.3, 0.4) is 0 Å². The lowest BCUT2D eigenvalue weighted by Crippen LogP contribution is -2.51. The van der Waals surface area contributed by atoms with Crippen LogP contribution in [0.5, 0.6) is 0 Å². The molecule has 3 nitrogen and oxygen atoms in total. The van der Waals surface area contributed by atoms with Crippen molar-refractivity contribution in [1.29, 1.82) is 0 Å². The second kappa shape index (κ2) is 4.83. The summed E-state index contributed by atoms with van der Waals surface area (Å²) >= 11 is 0. The summed E-state index contributed by atoms with van der Waals surface area (Å²) in [4.78, 5) is 6.51. The Kier molecular flexibility index (Phi) is 3.17. The summed E-state index contributed by atoms with van der Waals surface area (Å²) in [5.74, 6) is 0.313. The first-order chi connectivity index (χ1) is 9.21. The molecule has 0 atom stereocenters. The second-order valence-corrected chi connectivity index (χ2v) is 5.63. The molecule has 1 spiro atoms. The standard InChI is InChI=1S/C15H20FN3/c16-12-6-5-7-13(10-12)19-14(17)18-11-15(19)8-3-1-2-4-9-15/h5-7,10H,1-4,8-9,11H2,(H2,17,18). The number of nitrogens with zero attached hydrogens (tertiary/aromatic N) is 2. The molecular weight excluding hydrogens is 241 g/mol. The van der Waals surface area contributed by atoms with Crippen molar-refractivity contribution in [2.45, 2.75) is 44.1 Å². The number of hydrogen-bond donors (Lipinski definition) is 1. The first-order valence-electron chi connectivity index (χ1n) is 7.07. The van der Waals surface area contributed by atoms with Crippen LogP contribution in [0.1, 0.15) is 38.5 Å². The highest BCUT2D eigenvalue weighted by molar-refractivity contribution is 5.98. The average molecular weight is 261 g/mol. The van der Waals surface area contributed by atoms with Crippen LogP contribution in [-0.2, 0) is 0 Å². The van der Waals surface area contributed by atoms with Gasteiger partial charge in [-0.25, -0.2) is 4.39 Å². The van der Waals surface area contributed by atoms with Crippen LogP contribution in [-0.4, -0.2) is 18.0 Å². The van der Waals surface area contributed by atoms with Crippen molar-refractivity contribution in [2.75, 3.05) is 11.4 Å². The molecule has 0 unspecified atom stereocenters. The predicted molar refractivity (Wildman–Crippen MR) is 75.8 cm³/mol. The van der Waals surface area contributed by atoms with E-state index in [0.717, 1.165) is 25.1 Å². The lowest BCUT2D eigenvalue weighted by Gasteiger charge is -2.38. The Morgan fingerprint density at radius 3 is 2.58 bits per heavy atom. The molecule has 1 heterocycles. The Labute approximate surface area is 113 Å². The van der Waals surface area contributed by atoms with Crippen molar-refractivity contribution in [2.24, 2.45) is 10.7 Å². The lowest BCUT2D eigenvalue weighted by atomic mass is 9.89. The summed E-state index contributed by atoms with van der Waals surface area (Å²) in [5.41, 5.74) is 6.89. The van der Waals surface area contributed by atoms with Crippen LogP contribution < -0.4 is 10.6 Å². The zero-order chi connectivity index (χ0) is 13.3. The molecule has 2 aliphatic rings. The highest BCUT2D eigenvalue weighted by atomic mass is 19.1. The van der Waals surface area contributed by atoms with Gasteiger partial charge in [0.05, 0.1) is 12.1 Å². The zero-order valence-electron chi connectivity index (χ0n) is 11.1. The van der Waals surface area contributed by atoms with Crippen LogP contribution in [0, 0.1) is 5.82 Å². The topological polar surface area (TPSA) is 41.6 Å². The Balaban J connectivity index is 1.97. The summed E-state index contributed by atoms with van der Waals surface area (Å²) in [6.07, 6.45) is 7.14. The SMILES string of the molecule is NC1=NCC2(CCCCCC2)N1c1cccc(F)c1. The van der Waals surface area contributed by atoms with Gasteiger partial charge in [0.25, 0.3) is 0 Å². The molecule has 3 rings (SSSR count). The largest absolute Gasteiger partial charge is 0.369 e. The molecule has 1 aliphatic carbocycles. The highest BCUT2D eigenvalue weighted by Gasteiger charge is 2.42. The van der Waals surface area contributed by atoms with E-state index in [0.29, 0.717) is 5.96 Å². The maximum Gasteiger partial charge on any atom is 0.196 e. The molecule has 0 bridgehead atoms. The van der Waals surface area contributed by atoms with Gasteiger partial charge in [-0.1, -0.05) is 31.7 Å². The zero-order valence-corrected chi connectivity index (χ0v) is 11.1. The van der Waals surface area contributed by atoms with Crippen LogP contribution in [0.25, 0.3) is 0 Å². The number of nitrogens with two attached hydrogens (primary N) is 1. The van der Waals surface area contributed by atoms with Crippen molar-refractivity contribution in [3.8, 4) is 0 Å². The molecule has 0 saturated heterocycles. The molecule has 0 radical (unpaired) electrons. The minimum Gasteiger partial charge on any atom is -0.369 e. The van der Waals surface area contributed by atoms with Crippen molar-refractivity contribution >= 4 is 11.6 Å². The van der Waals surface area contributed by atoms with Gasteiger partial charge in [-0.2, -0.15) is 0 Å². The number of anilines is 1. The van der Waals surface area contributed by atoms with Crippen molar-refractivity contribution in [3.63, 3.8) is 0 Å². The van der Waals surface area contributed by atoms with Gasteiger partial charge in [-0.3, -0.25) is 4.99 Å². The fraction of sp³-hybridized carbons (Fsp3) is 0.533. The van der Waals surface area contributed by atoms with Crippen LogP contribution >= 0.6 is 0 Å². The van der Waals surface area contributed by atoms with Gasteiger partial charge in [0, 0.05) is 5.69 Å². The summed E-state index contributed by atoms with van der Waals surface area (Å²) in [6.45, 7) is 0.745. The second-order valence-electron chi connectivity index (χ2n) is 5.63. The quantitative estimate of drug-likeness (QED) is 0.844. The van der Waals surface area contributed by atoms with E-state index < -0.39 is 0 Å². The van der Waals surface area contributed by atoms with Gasteiger partial charge >= 0.3 is 0 Å². The molecule has 0 aromatic heterocycles. The molecule has 19 heavy (non-hydrogen) atoms. The monoisotopic (exact) mass is 261 g/mol. The average Bonchev–Trinajstić information content (AvgIpc) is 2.58. The number of halogens is 1. The van der Waals surface area contributed by atoms with Crippen molar-refractivity contribution in [3.05, 3.63) is 30.1 Å². The minimum absolute atomic E-state index is 0.0195. The van der Waals surface area contributed by atoms with Gasteiger partial charge in [-0.05, 0) is 31.0 Å². The summed E-state index contributed by atoms with van der Waals surface area (Å²) in [6, 6.07) is 6.68. The van der Waals surface area contributed by atoms with Crippen LogP contribution in [0.4, 0.5) is 10.1 Å². The summed E-state index contributed by atoms with van der Waals surface area (Å²) in [5, 5.41) is 0. The Bertz CT molecular complexity index is 490. The van der Waals surface area contributed by atoms with E-state index in [4.69, 9.17) is 5.73 Å². The summed E-state index contributed by atoms with van der Waals surface area (Å²) in [7, 11) is 0. The van der Waals surface area contributed by atoms with Gasteiger partial charge in [-0.15, -0.1) is 0 Å². The van der Waals surface area contributed by atoms with E-state index in [1.54, 1.807) is 12.1 Å². The van der Waals surface area contributed by atoms with Crippen molar-refractivity contribution < 1.29 is 4.39 Å². The molecular formula is C15H20FN3. The Morgan fingerprint density at radius 1 is 1.16 bits per heavy atom. The number of guanidine groups is 1. The maximum atomic E-state index is 13.5. The number of rotatable bonds is 1. The van der Waals surface area contributed by atoms with Gasteiger partial charge in [0.15, 0.2) is 5.96 Å². The van der Waals surface area contributed by atoms with Crippen LogP contribution in [0.2, 0.25) is 0 Å². The molecule has 1 aromatic carbocycles.